The van der Waals surface area contributed by atoms with E-state index in [-0.39, 0.29) is 35.4 Å². The summed E-state index contributed by atoms with van der Waals surface area (Å²) in [5, 5.41) is 9.69. The van der Waals surface area contributed by atoms with Crippen LogP contribution in [0.4, 0.5) is 4.39 Å². The topological polar surface area (TPSA) is 123 Å². The third-order valence-corrected chi connectivity index (χ3v) is 7.67. The second-order valence-corrected chi connectivity index (χ2v) is 9.96. The summed E-state index contributed by atoms with van der Waals surface area (Å²) < 4.78 is 15.1. The molecule has 0 unspecified atom stereocenters. The van der Waals surface area contributed by atoms with E-state index in [9.17, 15) is 14.9 Å². The zero-order chi connectivity index (χ0) is 26.3. The minimum Gasteiger partial charge on any atom is -0.370 e. The van der Waals surface area contributed by atoms with Gasteiger partial charge in [0.1, 0.15) is 11.9 Å². The Morgan fingerprint density at radius 2 is 2.05 bits per heavy atom. The third kappa shape index (κ3) is 4.20. The van der Waals surface area contributed by atoms with E-state index in [2.05, 4.69) is 11.1 Å². The van der Waals surface area contributed by atoms with Crippen molar-refractivity contribution in [2.75, 3.05) is 0 Å². The van der Waals surface area contributed by atoms with E-state index >= 15 is 4.39 Å². The summed E-state index contributed by atoms with van der Waals surface area (Å²) in [4.78, 5) is 38.3. The summed E-state index contributed by atoms with van der Waals surface area (Å²) in [6.45, 7) is 3.87. The molecule has 8 heteroatoms. The number of hydrogen-bond donors (Lipinski definition) is 1. The third-order valence-electron chi connectivity index (χ3n) is 7.67. The van der Waals surface area contributed by atoms with E-state index in [0.717, 1.165) is 5.56 Å². The monoisotopic (exact) mass is 495 g/mol. The molecule has 0 spiro atoms. The van der Waals surface area contributed by atoms with Gasteiger partial charge in [-0.3, -0.25) is 14.6 Å². The summed E-state index contributed by atoms with van der Waals surface area (Å²) in [5.41, 5.74) is 8.47. The Labute approximate surface area is 214 Å². The average Bonchev–Trinajstić information content (AvgIpc) is 2.89. The fourth-order valence-corrected chi connectivity index (χ4v) is 5.78. The molecule has 0 bridgehead atoms. The number of nitrogens with zero attached hydrogens (tertiary/aromatic N) is 4. The molecule has 37 heavy (non-hydrogen) atoms. The molecule has 2 heterocycles. The molecule has 1 aromatic carbocycles. The summed E-state index contributed by atoms with van der Waals surface area (Å²) in [6.07, 6.45) is 5.19. The Kier molecular flexibility index (Phi) is 6.16. The second kappa shape index (κ2) is 9.32. The lowest BCUT2D eigenvalue weighted by Crippen LogP contribution is -2.46. The first kappa shape index (κ1) is 24.4. The van der Waals surface area contributed by atoms with Crippen molar-refractivity contribution < 1.29 is 14.0 Å². The van der Waals surface area contributed by atoms with Crippen molar-refractivity contribution in [3.05, 3.63) is 77.0 Å². The van der Waals surface area contributed by atoms with Crippen LogP contribution in [0.1, 0.15) is 43.6 Å². The van der Waals surface area contributed by atoms with E-state index in [4.69, 9.17) is 15.7 Å². The molecular weight excluding hydrogens is 469 g/mol. The Bertz CT molecular complexity index is 1510. The maximum atomic E-state index is 15.1. The number of rotatable bonds is 5. The Balaban J connectivity index is 1.75. The molecule has 0 radical (unpaired) electrons. The van der Waals surface area contributed by atoms with Gasteiger partial charge >= 0.3 is 0 Å². The van der Waals surface area contributed by atoms with Crippen LogP contribution in [-0.4, -0.2) is 26.6 Å². The Morgan fingerprint density at radius 1 is 1.27 bits per heavy atom. The normalized spacial score (nSPS) is 22.4. The van der Waals surface area contributed by atoms with Crippen molar-refractivity contribution in [2.24, 2.45) is 17.6 Å². The summed E-state index contributed by atoms with van der Waals surface area (Å²) in [6, 6.07) is 12.1. The molecule has 7 nitrogen and oxygen atoms in total. The molecule has 2 aliphatic carbocycles. The number of primary amides is 1. The number of aromatic nitrogens is 3. The van der Waals surface area contributed by atoms with Crippen LogP contribution in [0, 0.1) is 29.0 Å². The van der Waals surface area contributed by atoms with E-state index in [1.54, 1.807) is 36.5 Å². The van der Waals surface area contributed by atoms with Gasteiger partial charge < -0.3 is 5.73 Å². The number of nitrogens with two attached hydrogens (primary N) is 1. The maximum Gasteiger partial charge on any atom is 0.217 e. The predicted octanol–water partition coefficient (Wildman–Crippen LogP) is 4.25. The second-order valence-electron chi connectivity index (χ2n) is 9.96. The SMILES string of the molecule is C[C@H]1C(=O)C(C#N)=C[C@@]2(C)c3nc(-c4ccnc(CCC(N)=O)c4)nc(-c4ccccc4F)c3CC[C@H]12. The van der Waals surface area contributed by atoms with Gasteiger partial charge in [0.05, 0.1) is 17.0 Å². The number of halogens is 1. The lowest BCUT2D eigenvalue weighted by atomic mass is 9.57. The van der Waals surface area contributed by atoms with Crippen LogP contribution in [0.25, 0.3) is 22.6 Å². The van der Waals surface area contributed by atoms with Crippen molar-refractivity contribution in [2.45, 2.75) is 44.9 Å². The number of carbonyl (C=O) groups excluding carboxylic acids is 2. The predicted molar refractivity (Wildman–Crippen MR) is 135 cm³/mol. The van der Waals surface area contributed by atoms with Crippen molar-refractivity contribution in [3.63, 3.8) is 0 Å². The molecule has 5 rings (SSSR count). The van der Waals surface area contributed by atoms with Gasteiger partial charge in [0.25, 0.3) is 0 Å². The molecule has 2 aliphatic rings. The van der Waals surface area contributed by atoms with E-state index in [0.29, 0.717) is 53.3 Å². The molecule has 3 atom stereocenters. The molecule has 0 saturated heterocycles. The highest BCUT2D eigenvalue weighted by molar-refractivity contribution is 6.02. The van der Waals surface area contributed by atoms with Crippen LogP contribution < -0.4 is 5.73 Å². The van der Waals surface area contributed by atoms with Gasteiger partial charge in [-0.1, -0.05) is 32.1 Å². The summed E-state index contributed by atoms with van der Waals surface area (Å²) in [5.74, 6) is -0.958. The number of pyridine rings is 1. The lowest BCUT2D eigenvalue weighted by molar-refractivity contribution is -0.121. The summed E-state index contributed by atoms with van der Waals surface area (Å²) >= 11 is 0. The van der Waals surface area contributed by atoms with E-state index in [1.165, 1.54) is 6.07 Å². The Hall–Kier alpha value is -4.25. The Morgan fingerprint density at radius 3 is 2.78 bits per heavy atom. The number of aryl methyl sites for hydroxylation is 1. The molecule has 0 fully saturated rings. The molecule has 186 valence electrons. The summed E-state index contributed by atoms with van der Waals surface area (Å²) in [7, 11) is 0. The number of Topliss-reactive ketones (excluding diaryl/α,β-unsaturated/α-hetero) is 1. The number of carbonyl (C=O) groups is 2. The van der Waals surface area contributed by atoms with Crippen LogP contribution >= 0.6 is 0 Å². The highest BCUT2D eigenvalue weighted by atomic mass is 19.1. The standard InChI is InChI=1S/C29H26FN5O2/c1-16-22-9-8-21-25(20-5-3-4-6-23(20)30)34-28(17-11-12-33-19(13-17)7-10-24(32)36)35-27(21)29(22,2)14-18(15-31)26(16)37/h3-6,11-14,16,22H,7-10H2,1-2H3,(H2,32,36)/t16-,22-,29-/m1/s1. The zero-order valence-corrected chi connectivity index (χ0v) is 20.7. The number of hydrogen-bond acceptors (Lipinski definition) is 6. The average molecular weight is 496 g/mol. The number of fused-ring (bicyclic) bond motifs is 3. The van der Waals surface area contributed by atoms with Crippen LogP contribution in [0.5, 0.6) is 0 Å². The number of ketones is 1. The highest BCUT2D eigenvalue weighted by Crippen LogP contribution is 2.51. The lowest BCUT2D eigenvalue weighted by Gasteiger charge is -2.45. The van der Waals surface area contributed by atoms with Crippen LogP contribution in [0.3, 0.4) is 0 Å². The van der Waals surface area contributed by atoms with Crippen LogP contribution in [-0.2, 0) is 27.8 Å². The van der Waals surface area contributed by atoms with E-state index < -0.39 is 11.3 Å². The van der Waals surface area contributed by atoms with Crippen molar-refractivity contribution in [1.29, 1.82) is 5.26 Å². The highest BCUT2D eigenvalue weighted by Gasteiger charge is 2.49. The largest absolute Gasteiger partial charge is 0.370 e. The first-order chi connectivity index (χ1) is 17.7. The van der Waals surface area contributed by atoms with Gasteiger partial charge in [0.15, 0.2) is 11.6 Å². The van der Waals surface area contributed by atoms with Gasteiger partial charge in [-0.25, -0.2) is 14.4 Å². The van der Waals surface area contributed by atoms with Gasteiger partial charge in [0.2, 0.25) is 5.91 Å². The smallest absolute Gasteiger partial charge is 0.217 e. The molecule has 0 aliphatic heterocycles. The first-order valence-corrected chi connectivity index (χ1v) is 12.3. The van der Waals surface area contributed by atoms with Gasteiger partial charge in [-0.15, -0.1) is 0 Å². The number of nitriles is 1. The fraction of sp³-hybridized carbons (Fsp3) is 0.310. The molecule has 3 aromatic rings. The maximum absolute atomic E-state index is 15.1. The number of amides is 1. The molecular formula is C29H26FN5O2. The first-order valence-electron chi connectivity index (χ1n) is 12.3. The van der Waals surface area contributed by atoms with Crippen molar-refractivity contribution >= 4 is 11.7 Å². The molecule has 1 amide bonds. The van der Waals surface area contributed by atoms with Crippen molar-refractivity contribution in [3.8, 4) is 28.7 Å². The zero-order valence-electron chi connectivity index (χ0n) is 20.7. The van der Waals surface area contributed by atoms with Gasteiger partial charge in [0, 0.05) is 46.3 Å². The minimum absolute atomic E-state index is 0.0515. The number of benzene rings is 1. The molecule has 0 saturated carbocycles. The van der Waals surface area contributed by atoms with Crippen molar-refractivity contribution in [1.82, 2.24) is 15.0 Å². The molecule has 2 N–H and O–H groups in total. The molecule has 2 aromatic heterocycles. The van der Waals surface area contributed by atoms with Crippen LogP contribution in [0.15, 0.2) is 54.2 Å². The van der Waals surface area contributed by atoms with Crippen LogP contribution in [0.2, 0.25) is 0 Å². The van der Waals surface area contributed by atoms with Gasteiger partial charge in [-0.05, 0) is 49.4 Å². The fourth-order valence-electron chi connectivity index (χ4n) is 5.78. The minimum atomic E-state index is -0.703. The quantitative estimate of drug-likeness (QED) is 0.565. The van der Waals surface area contributed by atoms with E-state index in [1.807, 2.05) is 19.9 Å². The van der Waals surface area contributed by atoms with Gasteiger partial charge in [-0.2, -0.15) is 5.26 Å². The number of allylic oxidation sites excluding steroid dienone is 2.